The van der Waals surface area contributed by atoms with Crippen molar-refractivity contribution in [1.29, 1.82) is 0 Å². The summed E-state index contributed by atoms with van der Waals surface area (Å²) in [5.41, 5.74) is 5.92. The Morgan fingerprint density at radius 1 is 1.41 bits per heavy atom. The minimum Gasteiger partial charge on any atom is -0.392 e. The Kier molecular flexibility index (Phi) is 7.12. The molecule has 130 valence electrons. The summed E-state index contributed by atoms with van der Waals surface area (Å²) in [6.45, 7) is 8.12. The van der Waals surface area contributed by atoms with E-state index in [0.29, 0.717) is 19.7 Å². The van der Waals surface area contributed by atoms with Gasteiger partial charge in [-0.25, -0.2) is 0 Å². The Morgan fingerprint density at radius 2 is 2.00 bits per heavy atom. The van der Waals surface area contributed by atoms with Crippen LogP contribution in [0.25, 0.3) is 0 Å². The molecule has 0 aromatic rings. The normalized spacial score (nSPS) is 29.4. The van der Waals surface area contributed by atoms with Crippen LogP contribution in [0.15, 0.2) is 0 Å². The average molecular weight is 335 g/mol. The van der Waals surface area contributed by atoms with E-state index in [1.165, 1.54) is 0 Å². The molecule has 1 heterocycles. The fourth-order valence-corrected chi connectivity index (χ4v) is 3.67. The summed E-state index contributed by atoms with van der Waals surface area (Å²) in [4.78, 5) is 14.3. The summed E-state index contributed by atoms with van der Waals surface area (Å²) in [6, 6.07) is -0.405. The first-order chi connectivity index (χ1) is 9.96. The topological polar surface area (TPSA) is 75.8 Å². The number of halogens is 1. The molecular weight excluding hydrogens is 304 g/mol. The van der Waals surface area contributed by atoms with E-state index in [0.717, 1.165) is 25.7 Å². The third-order valence-corrected chi connectivity index (χ3v) is 5.66. The fourth-order valence-electron chi connectivity index (χ4n) is 3.67. The van der Waals surface area contributed by atoms with E-state index in [-0.39, 0.29) is 41.9 Å². The smallest absolute Gasteiger partial charge is 0.239 e. The third kappa shape index (κ3) is 3.42. The molecule has 3 N–H and O–H groups in total. The van der Waals surface area contributed by atoms with Crippen molar-refractivity contribution in [2.45, 2.75) is 64.7 Å². The minimum absolute atomic E-state index is 0. The summed E-state index contributed by atoms with van der Waals surface area (Å²) in [7, 11) is 0. The average Bonchev–Trinajstić information content (AvgIpc) is 2.52. The van der Waals surface area contributed by atoms with Gasteiger partial charge in [0.15, 0.2) is 0 Å². The summed E-state index contributed by atoms with van der Waals surface area (Å²) in [5.74, 6) is 0.264. The Hall–Kier alpha value is -0.360. The first-order valence-corrected chi connectivity index (χ1v) is 8.30. The van der Waals surface area contributed by atoms with Crippen LogP contribution in [0, 0.1) is 11.3 Å². The Labute approximate surface area is 140 Å². The molecule has 1 spiro atoms. The maximum Gasteiger partial charge on any atom is 0.239 e. The summed E-state index contributed by atoms with van der Waals surface area (Å²) < 4.78 is 5.75. The van der Waals surface area contributed by atoms with Gasteiger partial charge in [0.2, 0.25) is 5.91 Å². The van der Waals surface area contributed by atoms with Crippen molar-refractivity contribution in [2.75, 3.05) is 19.7 Å². The molecule has 0 aromatic carbocycles. The highest BCUT2D eigenvalue weighted by molar-refractivity contribution is 5.85. The van der Waals surface area contributed by atoms with Crippen molar-refractivity contribution in [3.8, 4) is 0 Å². The highest BCUT2D eigenvalue weighted by atomic mass is 35.5. The third-order valence-electron chi connectivity index (χ3n) is 5.66. The molecule has 2 rings (SSSR count). The predicted molar refractivity (Wildman–Crippen MR) is 89.0 cm³/mol. The van der Waals surface area contributed by atoms with Crippen molar-refractivity contribution < 1.29 is 14.6 Å². The molecule has 1 amide bonds. The molecule has 1 saturated heterocycles. The molecule has 4 atom stereocenters. The first kappa shape index (κ1) is 19.7. The number of amides is 1. The van der Waals surface area contributed by atoms with Crippen molar-refractivity contribution in [3.63, 3.8) is 0 Å². The zero-order valence-corrected chi connectivity index (χ0v) is 14.8. The molecular formula is C16H31ClN2O3. The standard InChI is InChI=1S/C16H30N2O3.ClH/c1-4-11(3)14(17)15(20)18-8-6-16(7-9-18)12(19)10-13(16)21-5-2;/h11-14,19H,4-10,17H2,1-3H3;1H. The molecule has 4 unspecified atom stereocenters. The van der Waals surface area contributed by atoms with Crippen LogP contribution in [0.3, 0.4) is 0 Å². The molecule has 0 aromatic heterocycles. The van der Waals surface area contributed by atoms with Crippen molar-refractivity contribution in [2.24, 2.45) is 17.1 Å². The SMILES string of the molecule is CCOC1CC(O)C12CCN(C(=O)C(N)C(C)CC)CC2.Cl. The molecule has 0 radical (unpaired) electrons. The maximum atomic E-state index is 12.4. The van der Waals surface area contributed by atoms with E-state index in [1.807, 2.05) is 18.7 Å². The number of aliphatic hydroxyl groups is 1. The Morgan fingerprint density at radius 3 is 2.45 bits per heavy atom. The quantitative estimate of drug-likeness (QED) is 0.800. The lowest BCUT2D eigenvalue weighted by atomic mass is 9.58. The number of hydrogen-bond donors (Lipinski definition) is 2. The lowest BCUT2D eigenvalue weighted by Gasteiger charge is -2.56. The number of nitrogens with two attached hydrogens (primary N) is 1. The van der Waals surface area contributed by atoms with Gasteiger partial charge in [-0.2, -0.15) is 0 Å². The number of hydrogen-bond acceptors (Lipinski definition) is 4. The van der Waals surface area contributed by atoms with Crippen LogP contribution in [0.4, 0.5) is 0 Å². The van der Waals surface area contributed by atoms with E-state index in [2.05, 4.69) is 6.92 Å². The van der Waals surface area contributed by atoms with Crippen LogP contribution in [-0.2, 0) is 9.53 Å². The predicted octanol–water partition coefficient (Wildman–Crippen LogP) is 1.56. The molecule has 1 aliphatic heterocycles. The van der Waals surface area contributed by atoms with E-state index in [4.69, 9.17) is 10.5 Å². The lowest BCUT2D eigenvalue weighted by Crippen LogP contribution is -2.63. The maximum absolute atomic E-state index is 12.4. The van der Waals surface area contributed by atoms with Gasteiger partial charge < -0.3 is 20.5 Å². The number of aliphatic hydroxyl groups excluding tert-OH is 1. The number of rotatable bonds is 5. The fraction of sp³-hybridized carbons (Fsp3) is 0.938. The molecule has 1 saturated carbocycles. The molecule has 2 fully saturated rings. The number of piperidine rings is 1. The lowest BCUT2D eigenvalue weighted by molar-refractivity contribution is -0.210. The van der Waals surface area contributed by atoms with E-state index >= 15 is 0 Å². The van der Waals surface area contributed by atoms with Crippen molar-refractivity contribution in [3.05, 3.63) is 0 Å². The second-order valence-electron chi connectivity index (χ2n) is 6.67. The van der Waals surface area contributed by atoms with Gasteiger partial charge in [0, 0.05) is 31.5 Å². The number of carbonyl (C=O) groups excluding carboxylic acids is 1. The van der Waals surface area contributed by atoms with Crippen LogP contribution in [0.1, 0.15) is 46.5 Å². The van der Waals surface area contributed by atoms with Gasteiger partial charge in [0.05, 0.1) is 18.2 Å². The van der Waals surface area contributed by atoms with Crippen molar-refractivity contribution >= 4 is 18.3 Å². The summed E-state index contributed by atoms with van der Waals surface area (Å²) in [5, 5.41) is 10.2. The highest BCUT2D eigenvalue weighted by Crippen LogP contribution is 2.50. The van der Waals surface area contributed by atoms with Crippen LogP contribution in [0.5, 0.6) is 0 Å². The van der Waals surface area contributed by atoms with Crippen LogP contribution < -0.4 is 5.73 Å². The monoisotopic (exact) mass is 334 g/mol. The van der Waals surface area contributed by atoms with E-state index in [1.54, 1.807) is 0 Å². The second kappa shape index (κ2) is 7.95. The van der Waals surface area contributed by atoms with Crippen LogP contribution in [-0.4, -0.2) is 53.9 Å². The number of carbonyl (C=O) groups is 1. The molecule has 5 nitrogen and oxygen atoms in total. The molecule has 2 aliphatic rings. The number of ether oxygens (including phenoxy) is 1. The Bertz CT molecular complexity index is 370. The summed E-state index contributed by atoms with van der Waals surface area (Å²) >= 11 is 0. The first-order valence-electron chi connectivity index (χ1n) is 8.30. The summed E-state index contributed by atoms with van der Waals surface area (Å²) in [6.07, 6.45) is 3.15. The number of nitrogens with zero attached hydrogens (tertiary/aromatic N) is 1. The largest absolute Gasteiger partial charge is 0.392 e. The van der Waals surface area contributed by atoms with Gasteiger partial charge >= 0.3 is 0 Å². The minimum atomic E-state index is -0.405. The zero-order chi connectivity index (χ0) is 15.6. The molecule has 1 aliphatic carbocycles. The van der Waals surface area contributed by atoms with Crippen LogP contribution >= 0.6 is 12.4 Å². The second-order valence-corrected chi connectivity index (χ2v) is 6.67. The van der Waals surface area contributed by atoms with Gasteiger partial charge in [0.25, 0.3) is 0 Å². The van der Waals surface area contributed by atoms with E-state index in [9.17, 15) is 9.90 Å². The van der Waals surface area contributed by atoms with Crippen molar-refractivity contribution in [1.82, 2.24) is 4.90 Å². The van der Waals surface area contributed by atoms with Gasteiger partial charge in [-0.15, -0.1) is 12.4 Å². The highest BCUT2D eigenvalue weighted by Gasteiger charge is 2.56. The Balaban J connectivity index is 0.00000242. The van der Waals surface area contributed by atoms with Crippen LogP contribution in [0.2, 0.25) is 0 Å². The van der Waals surface area contributed by atoms with Gasteiger partial charge in [-0.1, -0.05) is 20.3 Å². The molecule has 6 heteroatoms. The molecule has 22 heavy (non-hydrogen) atoms. The number of likely N-dealkylation sites (tertiary alicyclic amines) is 1. The van der Waals surface area contributed by atoms with Gasteiger partial charge in [-0.3, -0.25) is 4.79 Å². The van der Waals surface area contributed by atoms with E-state index < -0.39 is 6.04 Å². The zero-order valence-electron chi connectivity index (χ0n) is 14.0. The molecule has 0 bridgehead atoms. The van der Waals surface area contributed by atoms with Gasteiger partial charge in [0.1, 0.15) is 0 Å². The van der Waals surface area contributed by atoms with Gasteiger partial charge in [-0.05, 0) is 25.7 Å².